The molecule has 0 unspecified atom stereocenters. The molecule has 1 aromatic rings. The lowest BCUT2D eigenvalue weighted by Gasteiger charge is -2.33. The van der Waals surface area contributed by atoms with Crippen LogP contribution in [0.15, 0.2) is 18.2 Å². The van der Waals surface area contributed by atoms with E-state index in [4.69, 9.17) is 0 Å². The molecule has 1 saturated heterocycles. The van der Waals surface area contributed by atoms with Crippen molar-refractivity contribution in [2.75, 3.05) is 6.54 Å². The summed E-state index contributed by atoms with van der Waals surface area (Å²) in [5.41, 5.74) is 0.175. The maximum atomic E-state index is 12.6. The largest absolute Gasteiger partial charge is 0.480 e. The first kappa shape index (κ1) is 15.0. The highest BCUT2D eigenvalue weighted by Crippen LogP contribution is 2.27. The maximum absolute atomic E-state index is 12.6. The highest BCUT2D eigenvalue weighted by molar-refractivity contribution is 6.01. The molecule has 1 atom stereocenters. The number of aryl methyl sites for hydroxylation is 1. The van der Waals surface area contributed by atoms with Crippen LogP contribution in [-0.4, -0.2) is 39.4 Å². The second-order valence-corrected chi connectivity index (χ2v) is 5.07. The molecule has 7 nitrogen and oxygen atoms in total. The van der Waals surface area contributed by atoms with Gasteiger partial charge in [-0.1, -0.05) is 12.1 Å². The molecular weight excluding hydrogens is 276 g/mol. The fraction of sp³-hybridized carbons (Fsp3) is 0.429. The standard InChI is InChI=1S/C14H16N2O5/c1-9-5-4-7-10(16(20)21)12(9)13(17)15-8-3-2-6-11(15)14(18)19/h4-5,7,11H,2-3,6,8H2,1H3,(H,18,19)/t11-/m0/s1. The summed E-state index contributed by atoms with van der Waals surface area (Å²) in [6.07, 6.45) is 1.81. The minimum atomic E-state index is -1.07. The van der Waals surface area contributed by atoms with Gasteiger partial charge in [0.2, 0.25) is 0 Å². The van der Waals surface area contributed by atoms with Crippen LogP contribution in [0, 0.1) is 17.0 Å². The molecule has 1 aliphatic rings. The lowest BCUT2D eigenvalue weighted by molar-refractivity contribution is -0.385. The highest BCUT2D eigenvalue weighted by atomic mass is 16.6. The number of hydrogen-bond donors (Lipinski definition) is 1. The Labute approximate surface area is 121 Å². The molecular formula is C14H16N2O5. The number of benzene rings is 1. The van der Waals surface area contributed by atoms with E-state index in [-0.39, 0.29) is 11.3 Å². The molecule has 0 spiro atoms. The Morgan fingerprint density at radius 2 is 2.10 bits per heavy atom. The third-order valence-corrected chi connectivity index (χ3v) is 3.71. The molecule has 1 aliphatic heterocycles. The quantitative estimate of drug-likeness (QED) is 0.678. The first-order valence-electron chi connectivity index (χ1n) is 6.71. The van der Waals surface area contributed by atoms with Crippen LogP contribution in [0.2, 0.25) is 0 Å². The van der Waals surface area contributed by atoms with Crippen molar-refractivity contribution in [2.45, 2.75) is 32.2 Å². The summed E-state index contributed by atoms with van der Waals surface area (Å²) in [6, 6.07) is 3.47. The zero-order chi connectivity index (χ0) is 15.6. The van der Waals surface area contributed by atoms with Crippen LogP contribution in [0.5, 0.6) is 0 Å². The molecule has 2 rings (SSSR count). The molecule has 1 aromatic carbocycles. The number of carboxylic acid groups (broad SMARTS) is 1. The fourth-order valence-electron chi connectivity index (χ4n) is 2.66. The van der Waals surface area contributed by atoms with Crippen LogP contribution >= 0.6 is 0 Å². The van der Waals surface area contributed by atoms with Gasteiger partial charge in [-0.3, -0.25) is 14.9 Å². The number of likely N-dealkylation sites (tertiary alicyclic amines) is 1. The van der Waals surface area contributed by atoms with E-state index in [1.165, 1.54) is 17.0 Å². The number of hydrogen-bond acceptors (Lipinski definition) is 4. The molecule has 0 aliphatic carbocycles. The van der Waals surface area contributed by atoms with E-state index in [1.54, 1.807) is 13.0 Å². The van der Waals surface area contributed by atoms with Crippen LogP contribution in [0.25, 0.3) is 0 Å². The molecule has 0 radical (unpaired) electrons. The van der Waals surface area contributed by atoms with Gasteiger partial charge < -0.3 is 10.0 Å². The summed E-state index contributed by atoms with van der Waals surface area (Å²) < 4.78 is 0. The zero-order valence-electron chi connectivity index (χ0n) is 11.6. The number of rotatable bonds is 3. The minimum Gasteiger partial charge on any atom is -0.480 e. The van der Waals surface area contributed by atoms with E-state index >= 15 is 0 Å². The molecule has 112 valence electrons. The van der Waals surface area contributed by atoms with Gasteiger partial charge in [0.25, 0.3) is 11.6 Å². The SMILES string of the molecule is Cc1cccc([N+](=O)[O-])c1C(=O)N1CCCC[C@H]1C(=O)O. The summed E-state index contributed by atoms with van der Waals surface area (Å²) >= 11 is 0. The van der Waals surface area contributed by atoms with Crippen LogP contribution in [0.1, 0.15) is 35.2 Å². The number of nitrogens with zero attached hydrogens (tertiary/aromatic N) is 2. The van der Waals surface area contributed by atoms with Crippen molar-refractivity contribution in [3.8, 4) is 0 Å². The first-order valence-corrected chi connectivity index (χ1v) is 6.71. The number of aliphatic carboxylic acids is 1. The molecule has 7 heteroatoms. The van der Waals surface area contributed by atoms with Gasteiger partial charge in [0.15, 0.2) is 0 Å². The molecule has 0 saturated carbocycles. The molecule has 0 aromatic heterocycles. The third-order valence-electron chi connectivity index (χ3n) is 3.71. The van der Waals surface area contributed by atoms with E-state index in [0.29, 0.717) is 24.9 Å². The number of piperidine rings is 1. The minimum absolute atomic E-state index is 0.0179. The van der Waals surface area contributed by atoms with Crippen molar-refractivity contribution >= 4 is 17.6 Å². The summed E-state index contributed by atoms with van der Waals surface area (Å²) in [5, 5.41) is 20.3. The lowest BCUT2D eigenvalue weighted by atomic mass is 9.98. The van der Waals surface area contributed by atoms with Gasteiger partial charge in [-0.05, 0) is 31.7 Å². The second kappa shape index (κ2) is 5.90. The van der Waals surface area contributed by atoms with Crippen LogP contribution in [-0.2, 0) is 4.79 Å². The van der Waals surface area contributed by atoms with Crippen LogP contribution in [0.4, 0.5) is 5.69 Å². The molecule has 1 fully saturated rings. The summed E-state index contributed by atoms with van der Waals surface area (Å²) in [7, 11) is 0. The van der Waals surface area contributed by atoms with Crippen molar-refractivity contribution in [3.05, 3.63) is 39.4 Å². The van der Waals surface area contributed by atoms with Gasteiger partial charge >= 0.3 is 5.97 Å². The Bertz CT molecular complexity index is 599. The number of nitro benzene ring substituents is 1. The Morgan fingerprint density at radius 1 is 1.38 bits per heavy atom. The van der Waals surface area contributed by atoms with E-state index in [0.717, 1.165) is 6.42 Å². The van der Waals surface area contributed by atoms with Crippen molar-refractivity contribution in [1.82, 2.24) is 4.90 Å². The van der Waals surface area contributed by atoms with Crippen molar-refractivity contribution in [2.24, 2.45) is 0 Å². The average molecular weight is 292 g/mol. The molecule has 1 amide bonds. The number of carbonyl (C=O) groups excluding carboxylic acids is 1. The number of carboxylic acids is 1. The van der Waals surface area contributed by atoms with Gasteiger partial charge in [-0.15, -0.1) is 0 Å². The summed E-state index contributed by atoms with van der Waals surface area (Å²) in [6.45, 7) is 1.92. The van der Waals surface area contributed by atoms with E-state index in [1.807, 2.05) is 0 Å². The summed E-state index contributed by atoms with van der Waals surface area (Å²) in [5.74, 6) is -1.65. The third kappa shape index (κ3) is 2.86. The zero-order valence-corrected chi connectivity index (χ0v) is 11.6. The highest BCUT2D eigenvalue weighted by Gasteiger charge is 2.35. The van der Waals surface area contributed by atoms with E-state index in [9.17, 15) is 24.8 Å². The van der Waals surface area contributed by atoms with Crippen molar-refractivity contribution in [1.29, 1.82) is 0 Å². The van der Waals surface area contributed by atoms with Gasteiger partial charge in [-0.25, -0.2) is 4.79 Å². The van der Waals surface area contributed by atoms with E-state index in [2.05, 4.69) is 0 Å². The van der Waals surface area contributed by atoms with Gasteiger partial charge in [-0.2, -0.15) is 0 Å². The van der Waals surface area contributed by atoms with Gasteiger partial charge in [0.05, 0.1) is 4.92 Å². The van der Waals surface area contributed by atoms with Crippen molar-refractivity contribution in [3.63, 3.8) is 0 Å². The van der Waals surface area contributed by atoms with Gasteiger partial charge in [0, 0.05) is 12.6 Å². The lowest BCUT2D eigenvalue weighted by Crippen LogP contribution is -2.48. The summed E-state index contributed by atoms with van der Waals surface area (Å²) in [4.78, 5) is 35.6. The van der Waals surface area contributed by atoms with Crippen LogP contribution in [0.3, 0.4) is 0 Å². The monoisotopic (exact) mass is 292 g/mol. The predicted octanol–water partition coefficient (Wildman–Crippen LogP) is 1.98. The van der Waals surface area contributed by atoms with Gasteiger partial charge in [0.1, 0.15) is 11.6 Å². The molecule has 1 N–H and O–H groups in total. The fourth-order valence-corrected chi connectivity index (χ4v) is 2.66. The Balaban J connectivity index is 2.44. The van der Waals surface area contributed by atoms with Crippen molar-refractivity contribution < 1.29 is 19.6 Å². The number of carbonyl (C=O) groups is 2. The Morgan fingerprint density at radius 3 is 2.71 bits per heavy atom. The van der Waals surface area contributed by atoms with Crippen LogP contribution < -0.4 is 0 Å². The Hall–Kier alpha value is -2.44. The molecule has 1 heterocycles. The molecule has 0 bridgehead atoms. The molecule has 21 heavy (non-hydrogen) atoms. The first-order chi connectivity index (χ1) is 9.93. The second-order valence-electron chi connectivity index (χ2n) is 5.07. The maximum Gasteiger partial charge on any atom is 0.326 e. The number of amides is 1. The normalized spacial score (nSPS) is 18.3. The average Bonchev–Trinajstić information content (AvgIpc) is 2.46. The smallest absolute Gasteiger partial charge is 0.326 e. The predicted molar refractivity (Wildman–Crippen MR) is 74.1 cm³/mol. The number of nitro groups is 1. The topological polar surface area (TPSA) is 101 Å². The Kier molecular flexibility index (Phi) is 4.21. The van der Waals surface area contributed by atoms with E-state index < -0.39 is 22.8 Å².